The first kappa shape index (κ1) is 16.4. The lowest BCUT2D eigenvalue weighted by Crippen LogP contribution is -2.44. The van der Waals surface area contributed by atoms with Crippen molar-refractivity contribution >= 4 is 19.9 Å². The fourth-order valence-electron chi connectivity index (χ4n) is 2.03. The van der Waals surface area contributed by atoms with Crippen LogP contribution in [0.2, 0.25) is 0 Å². The van der Waals surface area contributed by atoms with E-state index in [1.807, 2.05) is 13.8 Å². The smallest absolute Gasteiger partial charge is 0.260 e. The lowest BCUT2D eigenvalue weighted by atomic mass is 10.3. The lowest BCUT2D eigenvalue weighted by Gasteiger charge is -2.25. The van der Waals surface area contributed by atoms with Crippen LogP contribution >= 0.6 is 0 Å². The molecule has 2 rings (SSSR count). The molecule has 0 bridgehead atoms. The van der Waals surface area contributed by atoms with Crippen molar-refractivity contribution in [1.82, 2.24) is 19.8 Å². The van der Waals surface area contributed by atoms with Gasteiger partial charge >= 0.3 is 0 Å². The Kier molecular flexibility index (Phi) is 4.71. The summed E-state index contributed by atoms with van der Waals surface area (Å²) in [6.07, 6.45) is 1.48. The second-order valence-electron chi connectivity index (χ2n) is 5.32. The summed E-state index contributed by atoms with van der Waals surface area (Å²) in [7, 11) is -6.86. The molecule has 120 valence electrons. The van der Waals surface area contributed by atoms with Gasteiger partial charge in [0.25, 0.3) is 10.0 Å². The van der Waals surface area contributed by atoms with E-state index in [1.165, 1.54) is 10.5 Å². The average Bonchev–Trinajstić information content (AvgIpc) is 2.84. The zero-order valence-electron chi connectivity index (χ0n) is 12.0. The molecule has 8 nitrogen and oxygen atoms in total. The van der Waals surface area contributed by atoms with Gasteiger partial charge in [0.05, 0.1) is 17.7 Å². The van der Waals surface area contributed by atoms with Gasteiger partial charge < -0.3 is 5.32 Å². The third kappa shape index (κ3) is 3.82. The topological polar surface area (TPSA) is 112 Å². The number of H-pyrrole nitrogens is 1. The fourth-order valence-corrected chi connectivity index (χ4v) is 5.01. The molecule has 1 aliphatic heterocycles. The quantitative estimate of drug-likeness (QED) is 0.737. The first-order valence-electron chi connectivity index (χ1n) is 6.68. The van der Waals surface area contributed by atoms with Crippen molar-refractivity contribution in [3.63, 3.8) is 0 Å². The molecule has 0 unspecified atom stereocenters. The molecule has 1 aromatic heterocycles. The normalized spacial score (nSPS) is 20.0. The standard InChI is InChI=1S/C11H20N4O4S2/c1-9(2)12-7-10-8-13-14-11(10)21(18,19)15-3-5-20(16,17)6-4-15/h8-9,12H,3-7H2,1-2H3,(H,13,14). The highest BCUT2D eigenvalue weighted by Crippen LogP contribution is 2.19. The van der Waals surface area contributed by atoms with Crippen molar-refractivity contribution in [1.29, 1.82) is 0 Å². The molecule has 0 saturated carbocycles. The molecule has 0 amide bonds. The summed E-state index contributed by atoms with van der Waals surface area (Å²) in [6, 6.07) is 0.218. The van der Waals surface area contributed by atoms with Crippen LogP contribution in [0.1, 0.15) is 19.4 Å². The average molecular weight is 336 g/mol. The van der Waals surface area contributed by atoms with Crippen molar-refractivity contribution in [2.45, 2.75) is 31.5 Å². The summed E-state index contributed by atoms with van der Waals surface area (Å²) >= 11 is 0. The Morgan fingerprint density at radius 2 is 2.00 bits per heavy atom. The summed E-state index contributed by atoms with van der Waals surface area (Å²) < 4.78 is 49.1. The summed E-state index contributed by atoms with van der Waals surface area (Å²) in [5.74, 6) is -0.278. The minimum Gasteiger partial charge on any atom is -0.310 e. The van der Waals surface area contributed by atoms with E-state index in [-0.39, 0.29) is 35.7 Å². The predicted molar refractivity (Wildman–Crippen MR) is 78.0 cm³/mol. The Morgan fingerprint density at radius 3 is 2.57 bits per heavy atom. The van der Waals surface area contributed by atoms with Crippen LogP contribution in [0.3, 0.4) is 0 Å². The zero-order chi connectivity index (χ0) is 15.7. The molecule has 10 heteroatoms. The lowest BCUT2D eigenvalue weighted by molar-refractivity contribution is 0.427. The number of nitrogens with zero attached hydrogens (tertiary/aromatic N) is 2. The van der Waals surface area contributed by atoms with Crippen molar-refractivity contribution in [2.24, 2.45) is 0 Å². The number of aromatic nitrogens is 2. The van der Waals surface area contributed by atoms with Crippen LogP contribution in [-0.4, -0.2) is 62.0 Å². The monoisotopic (exact) mass is 336 g/mol. The van der Waals surface area contributed by atoms with Crippen LogP contribution in [0.25, 0.3) is 0 Å². The molecule has 0 aliphatic carbocycles. The largest absolute Gasteiger partial charge is 0.310 e. The SMILES string of the molecule is CC(C)NCc1cn[nH]c1S(=O)(=O)N1CCS(=O)(=O)CC1. The number of rotatable bonds is 5. The zero-order valence-corrected chi connectivity index (χ0v) is 13.7. The number of hydrogen-bond acceptors (Lipinski definition) is 6. The molecule has 0 atom stereocenters. The van der Waals surface area contributed by atoms with Crippen molar-refractivity contribution < 1.29 is 16.8 Å². The Bertz CT molecular complexity index is 680. The van der Waals surface area contributed by atoms with E-state index in [0.29, 0.717) is 12.1 Å². The number of hydrogen-bond donors (Lipinski definition) is 2. The van der Waals surface area contributed by atoms with Gasteiger partial charge in [-0.05, 0) is 0 Å². The summed E-state index contributed by atoms with van der Waals surface area (Å²) in [4.78, 5) is 0. The molecule has 0 aromatic carbocycles. The molecule has 0 spiro atoms. The third-order valence-electron chi connectivity index (χ3n) is 3.28. The van der Waals surface area contributed by atoms with Crippen molar-refractivity contribution in [2.75, 3.05) is 24.6 Å². The third-order valence-corrected chi connectivity index (χ3v) is 6.80. The molecular formula is C11H20N4O4S2. The summed E-state index contributed by atoms with van der Waals surface area (Å²) in [6.45, 7) is 4.28. The van der Waals surface area contributed by atoms with Gasteiger partial charge in [-0.3, -0.25) is 5.10 Å². The molecular weight excluding hydrogens is 316 g/mol. The van der Waals surface area contributed by atoms with Gasteiger partial charge in [-0.2, -0.15) is 9.40 Å². The second kappa shape index (κ2) is 6.03. The number of aromatic amines is 1. The van der Waals surface area contributed by atoms with Gasteiger partial charge in [-0.1, -0.05) is 13.8 Å². The van der Waals surface area contributed by atoms with Crippen molar-refractivity contribution in [3.05, 3.63) is 11.8 Å². The van der Waals surface area contributed by atoms with Gasteiger partial charge in [0, 0.05) is 31.2 Å². The van der Waals surface area contributed by atoms with E-state index in [4.69, 9.17) is 0 Å². The number of sulfonamides is 1. The Morgan fingerprint density at radius 1 is 1.38 bits per heavy atom. The van der Waals surface area contributed by atoms with Gasteiger partial charge in [0.1, 0.15) is 0 Å². The molecule has 0 radical (unpaired) electrons. The number of sulfone groups is 1. The maximum atomic E-state index is 12.6. The molecule has 1 aromatic rings. The summed E-state index contributed by atoms with van der Waals surface area (Å²) in [5, 5.41) is 9.49. The van der Waals surface area contributed by atoms with Gasteiger partial charge in [0.2, 0.25) is 0 Å². The number of nitrogens with one attached hydrogen (secondary N) is 2. The van der Waals surface area contributed by atoms with E-state index in [9.17, 15) is 16.8 Å². The van der Waals surface area contributed by atoms with Gasteiger partial charge in [-0.15, -0.1) is 0 Å². The fraction of sp³-hybridized carbons (Fsp3) is 0.727. The molecule has 1 fully saturated rings. The first-order valence-corrected chi connectivity index (χ1v) is 9.95. The first-order chi connectivity index (χ1) is 9.72. The maximum absolute atomic E-state index is 12.6. The Balaban J connectivity index is 2.19. The van der Waals surface area contributed by atoms with Crippen LogP contribution in [0.4, 0.5) is 0 Å². The van der Waals surface area contributed by atoms with E-state index >= 15 is 0 Å². The highest BCUT2D eigenvalue weighted by Gasteiger charge is 2.33. The molecule has 2 N–H and O–H groups in total. The molecule has 2 heterocycles. The van der Waals surface area contributed by atoms with E-state index in [1.54, 1.807) is 0 Å². The van der Waals surface area contributed by atoms with Crippen LogP contribution in [0.15, 0.2) is 11.2 Å². The van der Waals surface area contributed by atoms with Crippen LogP contribution in [0.5, 0.6) is 0 Å². The van der Waals surface area contributed by atoms with E-state index in [0.717, 1.165) is 0 Å². The van der Waals surface area contributed by atoms with Crippen LogP contribution in [-0.2, 0) is 26.4 Å². The van der Waals surface area contributed by atoms with Gasteiger partial charge in [0.15, 0.2) is 14.9 Å². The maximum Gasteiger partial charge on any atom is 0.260 e. The summed E-state index contributed by atoms with van der Waals surface area (Å²) in [5.41, 5.74) is 0.553. The van der Waals surface area contributed by atoms with Crippen LogP contribution < -0.4 is 5.32 Å². The Hall–Kier alpha value is -0.970. The minimum atomic E-state index is -3.74. The highest BCUT2D eigenvalue weighted by atomic mass is 32.2. The predicted octanol–water partition coefficient (Wildman–Crippen LogP) is -0.673. The van der Waals surface area contributed by atoms with Crippen LogP contribution in [0, 0.1) is 0 Å². The molecule has 1 saturated heterocycles. The van der Waals surface area contributed by atoms with Gasteiger partial charge in [-0.25, -0.2) is 16.8 Å². The Labute approximate surface area is 124 Å². The van der Waals surface area contributed by atoms with Crippen molar-refractivity contribution in [3.8, 4) is 0 Å². The highest BCUT2D eigenvalue weighted by molar-refractivity contribution is 7.92. The van der Waals surface area contributed by atoms with E-state index < -0.39 is 19.9 Å². The second-order valence-corrected chi connectivity index (χ2v) is 9.49. The molecule has 1 aliphatic rings. The molecule has 21 heavy (non-hydrogen) atoms. The minimum absolute atomic E-state index is 0.0132. The van der Waals surface area contributed by atoms with E-state index in [2.05, 4.69) is 15.5 Å².